The summed E-state index contributed by atoms with van der Waals surface area (Å²) in [4.78, 5) is 49.3. The average Bonchev–Trinajstić information content (AvgIpc) is 2.88. The Hall–Kier alpha value is -1.82. The first-order valence-corrected chi connectivity index (χ1v) is 10.8. The maximum Gasteiger partial charge on any atom is 0.330 e. The number of aromatic nitrogens is 2. The van der Waals surface area contributed by atoms with Gasteiger partial charge in [0.2, 0.25) is 0 Å². The number of esters is 1. The molecular weight excluding hydrogens is 423 g/mol. The second kappa shape index (κ2) is 9.99. The summed E-state index contributed by atoms with van der Waals surface area (Å²) >= 11 is 0. The zero-order valence-electron chi connectivity index (χ0n) is 17.3. The second-order valence-electron chi connectivity index (χ2n) is 7.20. The molecule has 1 saturated heterocycles. The van der Waals surface area contributed by atoms with Gasteiger partial charge >= 0.3 is 11.7 Å². The molecule has 13 heteroatoms. The highest BCUT2D eigenvalue weighted by atomic mass is 31.2. The molecule has 0 spiro atoms. The number of phosphoric ester groups is 1. The lowest BCUT2D eigenvalue weighted by Gasteiger charge is -2.28. The van der Waals surface area contributed by atoms with Crippen LogP contribution >= 0.6 is 7.82 Å². The van der Waals surface area contributed by atoms with Gasteiger partial charge in [-0.15, -0.1) is 0 Å². The van der Waals surface area contributed by atoms with Crippen molar-refractivity contribution < 1.29 is 37.5 Å². The van der Waals surface area contributed by atoms with E-state index in [1.807, 2.05) is 0 Å². The van der Waals surface area contributed by atoms with Crippen LogP contribution in [0.1, 0.15) is 40.8 Å². The van der Waals surface area contributed by atoms with E-state index in [0.717, 1.165) is 10.6 Å². The molecule has 1 fully saturated rings. The molecule has 1 aliphatic rings. The molecule has 2 unspecified atom stereocenters. The van der Waals surface area contributed by atoms with E-state index in [1.54, 1.807) is 13.8 Å². The fraction of sp³-hybridized carbons (Fsp3) is 0.706. The minimum atomic E-state index is -4.63. The number of H-pyrrole nitrogens is 1. The SMILES string of the molecule is CC(=O)O[C@H]1C(OC(C)C)[C@@H](COP(=O)([O-])OC(C)C)O[C@H]1n1ccc(=O)[nH]c1=O. The molecule has 0 aromatic carbocycles. The third-order valence-electron chi connectivity index (χ3n) is 3.88. The van der Waals surface area contributed by atoms with Gasteiger partial charge in [0, 0.05) is 19.2 Å². The number of hydrogen-bond donors (Lipinski definition) is 1. The van der Waals surface area contributed by atoms with Crippen LogP contribution in [0.5, 0.6) is 0 Å². The number of ether oxygens (including phenoxy) is 3. The molecule has 1 aromatic heterocycles. The predicted molar refractivity (Wildman–Crippen MR) is 101 cm³/mol. The molecule has 1 aliphatic heterocycles. The van der Waals surface area contributed by atoms with E-state index in [2.05, 4.69) is 4.98 Å². The van der Waals surface area contributed by atoms with Crippen molar-refractivity contribution in [1.82, 2.24) is 9.55 Å². The van der Waals surface area contributed by atoms with E-state index in [9.17, 15) is 23.8 Å². The highest BCUT2D eigenvalue weighted by Crippen LogP contribution is 2.42. The topological polar surface area (TPSA) is 158 Å². The van der Waals surface area contributed by atoms with Crippen molar-refractivity contribution in [3.63, 3.8) is 0 Å². The van der Waals surface area contributed by atoms with E-state index in [-0.39, 0.29) is 6.10 Å². The molecule has 0 radical (unpaired) electrons. The van der Waals surface area contributed by atoms with Crippen molar-refractivity contribution in [2.45, 2.75) is 71.4 Å². The highest BCUT2D eigenvalue weighted by Gasteiger charge is 2.49. The van der Waals surface area contributed by atoms with E-state index >= 15 is 0 Å². The van der Waals surface area contributed by atoms with Crippen LogP contribution in [0.2, 0.25) is 0 Å². The number of phosphoric acid groups is 1. The Labute approximate surface area is 172 Å². The van der Waals surface area contributed by atoms with Gasteiger partial charge in [-0.3, -0.25) is 23.7 Å². The second-order valence-corrected chi connectivity index (χ2v) is 8.57. The Morgan fingerprint density at radius 3 is 2.47 bits per heavy atom. The van der Waals surface area contributed by atoms with E-state index in [1.165, 1.54) is 27.0 Å². The fourth-order valence-electron chi connectivity index (χ4n) is 2.94. The minimum Gasteiger partial charge on any atom is -0.756 e. The van der Waals surface area contributed by atoms with Crippen molar-refractivity contribution in [2.75, 3.05) is 6.61 Å². The Morgan fingerprint density at radius 1 is 1.27 bits per heavy atom. The average molecular weight is 449 g/mol. The third kappa shape index (κ3) is 6.59. The molecule has 2 heterocycles. The number of hydrogen-bond acceptors (Lipinski definition) is 10. The minimum absolute atomic E-state index is 0.351. The number of nitrogens with one attached hydrogen (secondary N) is 1. The van der Waals surface area contributed by atoms with Crippen LogP contribution in [0.3, 0.4) is 0 Å². The maximum absolute atomic E-state index is 12.2. The number of nitrogens with zero attached hydrogens (tertiary/aromatic N) is 1. The largest absolute Gasteiger partial charge is 0.756 e. The van der Waals surface area contributed by atoms with Gasteiger partial charge in [-0.25, -0.2) is 4.79 Å². The highest BCUT2D eigenvalue weighted by molar-refractivity contribution is 7.45. The molecule has 0 saturated carbocycles. The van der Waals surface area contributed by atoms with Gasteiger partial charge in [0.15, 0.2) is 12.3 Å². The lowest BCUT2D eigenvalue weighted by molar-refractivity contribution is -0.231. The van der Waals surface area contributed by atoms with Crippen molar-refractivity contribution in [3.05, 3.63) is 33.1 Å². The van der Waals surface area contributed by atoms with Crippen LogP contribution in [0.15, 0.2) is 21.9 Å². The first kappa shape index (κ1) is 24.4. The van der Waals surface area contributed by atoms with Crippen molar-refractivity contribution >= 4 is 13.8 Å². The van der Waals surface area contributed by atoms with Crippen molar-refractivity contribution in [3.8, 4) is 0 Å². The summed E-state index contributed by atoms with van der Waals surface area (Å²) in [5.74, 6) is -0.664. The first-order valence-electron chi connectivity index (χ1n) is 9.33. The number of carbonyl (C=O) groups excluding carboxylic acids is 1. The quantitative estimate of drug-likeness (QED) is 0.404. The van der Waals surface area contributed by atoms with Crippen LogP contribution in [0.4, 0.5) is 0 Å². The molecule has 0 aliphatic carbocycles. The van der Waals surface area contributed by atoms with E-state index in [4.69, 9.17) is 23.3 Å². The van der Waals surface area contributed by atoms with Crippen LogP contribution in [0, 0.1) is 0 Å². The molecule has 12 nitrogen and oxygen atoms in total. The summed E-state index contributed by atoms with van der Waals surface area (Å²) in [6.45, 7) is 7.17. The zero-order chi connectivity index (χ0) is 22.6. The normalized spacial score (nSPS) is 26.1. The monoisotopic (exact) mass is 449 g/mol. The summed E-state index contributed by atoms with van der Waals surface area (Å²) in [6, 6.07) is 1.10. The molecule has 0 amide bonds. The first-order chi connectivity index (χ1) is 13.9. The Balaban J connectivity index is 2.35. The third-order valence-corrected chi connectivity index (χ3v) is 5.02. The summed E-state index contributed by atoms with van der Waals surface area (Å²) < 4.78 is 39.5. The molecule has 2 rings (SSSR count). The van der Waals surface area contributed by atoms with Gasteiger partial charge in [-0.1, -0.05) is 0 Å². The Morgan fingerprint density at radius 2 is 1.93 bits per heavy atom. The van der Waals surface area contributed by atoms with E-state index in [0.29, 0.717) is 0 Å². The number of rotatable bonds is 9. The fourth-order valence-corrected chi connectivity index (χ4v) is 3.85. The lowest BCUT2D eigenvalue weighted by atomic mass is 10.1. The predicted octanol–water partition coefficient (Wildman–Crippen LogP) is 0.0693. The number of aromatic amines is 1. The summed E-state index contributed by atoms with van der Waals surface area (Å²) in [5.41, 5.74) is -1.42. The smallest absolute Gasteiger partial charge is 0.330 e. The van der Waals surface area contributed by atoms with Crippen molar-refractivity contribution in [1.29, 1.82) is 0 Å². The molecule has 170 valence electrons. The van der Waals surface area contributed by atoms with Crippen LogP contribution in [0.25, 0.3) is 0 Å². The van der Waals surface area contributed by atoms with Crippen LogP contribution < -0.4 is 16.1 Å². The summed E-state index contributed by atoms with van der Waals surface area (Å²) in [5, 5.41) is 0. The van der Waals surface area contributed by atoms with Crippen LogP contribution in [-0.4, -0.2) is 52.6 Å². The summed E-state index contributed by atoms with van der Waals surface area (Å²) in [6.07, 6.45) is -4.08. The molecular formula is C17H26N2O10P-. The Bertz CT molecular complexity index is 895. The van der Waals surface area contributed by atoms with Crippen LogP contribution in [-0.2, 0) is 32.6 Å². The maximum atomic E-state index is 12.2. The van der Waals surface area contributed by atoms with Gasteiger partial charge in [-0.05, 0) is 27.7 Å². The summed E-state index contributed by atoms with van der Waals surface area (Å²) in [7, 11) is -4.63. The standard InChI is InChI=1S/C17H27N2O10P/c1-9(2)26-14-12(8-25-30(23,24)29-10(3)4)28-16(15(14)27-11(5)20)19-7-6-13(21)18-17(19)22/h6-7,9-10,12,14-16H,8H2,1-5H3,(H,23,24)(H,18,21,22)/p-1/t12-,14?,15+,16-/m1/s1. The van der Waals surface area contributed by atoms with Gasteiger partial charge < -0.3 is 28.2 Å². The zero-order valence-corrected chi connectivity index (χ0v) is 18.2. The number of carbonyl (C=O) groups is 1. The molecule has 0 bridgehead atoms. The van der Waals surface area contributed by atoms with Gasteiger partial charge in [0.25, 0.3) is 13.4 Å². The molecule has 30 heavy (non-hydrogen) atoms. The van der Waals surface area contributed by atoms with Gasteiger partial charge in [0.05, 0.1) is 18.8 Å². The van der Waals surface area contributed by atoms with Gasteiger partial charge in [0.1, 0.15) is 12.2 Å². The molecule has 1 aromatic rings. The molecule has 1 N–H and O–H groups in total. The van der Waals surface area contributed by atoms with E-state index < -0.39 is 62.3 Å². The van der Waals surface area contributed by atoms with Crippen molar-refractivity contribution in [2.24, 2.45) is 0 Å². The Kier molecular flexibility index (Phi) is 8.14. The molecule has 5 atom stereocenters. The van der Waals surface area contributed by atoms with Gasteiger partial charge in [-0.2, -0.15) is 0 Å². The lowest BCUT2D eigenvalue weighted by Crippen LogP contribution is -2.42.